The lowest BCUT2D eigenvalue weighted by Gasteiger charge is -2.30. The third kappa shape index (κ3) is 11.4. The Hall–Kier alpha value is -3.54. The number of aliphatic hydroxyl groups excluding tert-OH is 1. The van der Waals surface area contributed by atoms with Gasteiger partial charge in [-0.3, -0.25) is 14.4 Å². The predicted octanol–water partition coefficient (Wildman–Crippen LogP) is 2.70. The summed E-state index contributed by atoms with van der Waals surface area (Å²) < 4.78 is 10.6. The molecule has 3 unspecified atom stereocenters. The normalized spacial score (nSPS) is 16.1. The SMILES string of the molecule is CC(C)CC(NC(=O)C(CCCCN)NC(=O)C(CC(=O)N1CCOCC1)Cc1cccc2ccccc12)[C@H](O)C(=O)OC(C)C. The minimum absolute atomic E-state index is 0.0259. The average Bonchev–Trinajstić information content (AvgIpc) is 3.03. The predicted molar refractivity (Wildman–Crippen MR) is 177 cm³/mol. The lowest BCUT2D eigenvalue weighted by atomic mass is 9.91. The van der Waals surface area contributed by atoms with Crippen LogP contribution in [0, 0.1) is 11.8 Å². The topological polar surface area (TPSA) is 160 Å². The first kappa shape index (κ1) is 36.9. The van der Waals surface area contributed by atoms with Crippen LogP contribution < -0.4 is 16.4 Å². The standard InChI is InChI=1S/C35H52N4O7/c1-23(2)20-30(32(41)35(44)46-24(3)4)38-34(43)29(14-7-8-15-36)37-33(42)27(22-31(40)39-16-18-45-19-17-39)21-26-12-9-11-25-10-5-6-13-28(25)26/h5-6,9-13,23-24,27,29-30,32,41H,7-8,14-22,36H2,1-4H3,(H,37,42)(H,38,43)/t27?,29?,30?,32-/m0/s1. The Morgan fingerprint density at radius 2 is 1.65 bits per heavy atom. The second kappa shape index (κ2) is 18.6. The van der Waals surface area contributed by atoms with Crippen molar-refractivity contribution in [1.82, 2.24) is 15.5 Å². The van der Waals surface area contributed by atoms with Crippen molar-refractivity contribution in [3.05, 3.63) is 48.0 Å². The van der Waals surface area contributed by atoms with E-state index in [0.717, 1.165) is 16.3 Å². The number of nitrogens with one attached hydrogen (secondary N) is 2. The summed E-state index contributed by atoms with van der Waals surface area (Å²) in [7, 11) is 0. The van der Waals surface area contributed by atoms with Gasteiger partial charge in [-0.05, 0) is 74.8 Å². The van der Waals surface area contributed by atoms with Crippen LogP contribution in [0.1, 0.15) is 65.4 Å². The second-order valence-corrected chi connectivity index (χ2v) is 12.8. The van der Waals surface area contributed by atoms with Gasteiger partial charge < -0.3 is 35.8 Å². The molecule has 254 valence electrons. The van der Waals surface area contributed by atoms with E-state index in [-0.39, 0.29) is 18.2 Å². The smallest absolute Gasteiger partial charge is 0.337 e. The van der Waals surface area contributed by atoms with Crippen LogP contribution >= 0.6 is 0 Å². The number of ether oxygens (including phenoxy) is 2. The molecular formula is C35H52N4O7. The highest BCUT2D eigenvalue weighted by Crippen LogP contribution is 2.24. The number of aliphatic hydroxyl groups is 1. The van der Waals surface area contributed by atoms with E-state index < -0.39 is 48.0 Å². The van der Waals surface area contributed by atoms with Gasteiger partial charge >= 0.3 is 5.97 Å². The molecule has 3 amide bonds. The summed E-state index contributed by atoms with van der Waals surface area (Å²) in [6, 6.07) is 11.9. The number of rotatable bonds is 17. The Morgan fingerprint density at radius 1 is 0.957 bits per heavy atom. The van der Waals surface area contributed by atoms with E-state index >= 15 is 0 Å². The number of fused-ring (bicyclic) bond motifs is 1. The molecule has 0 saturated carbocycles. The van der Waals surface area contributed by atoms with Crippen molar-refractivity contribution in [2.75, 3.05) is 32.8 Å². The summed E-state index contributed by atoms with van der Waals surface area (Å²) in [5, 5.41) is 18.6. The molecule has 1 fully saturated rings. The van der Waals surface area contributed by atoms with Gasteiger partial charge in [0.2, 0.25) is 17.7 Å². The molecule has 11 nitrogen and oxygen atoms in total. The highest BCUT2D eigenvalue weighted by atomic mass is 16.6. The number of hydrogen-bond donors (Lipinski definition) is 4. The molecule has 0 aromatic heterocycles. The summed E-state index contributed by atoms with van der Waals surface area (Å²) >= 11 is 0. The lowest BCUT2D eigenvalue weighted by molar-refractivity contribution is -0.159. The number of benzene rings is 2. The number of morpholine rings is 1. The summed E-state index contributed by atoms with van der Waals surface area (Å²) in [5.41, 5.74) is 6.65. The highest BCUT2D eigenvalue weighted by molar-refractivity contribution is 5.92. The molecule has 11 heteroatoms. The van der Waals surface area contributed by atoms with Crippen LogP contribution in [0.25, 0.3) is 10.8 Å². The van der Waals surface area contributed by atoms with Crippen LogP contribution in [-0.4, -0.2) is 90.8 Å². The van der Waals surface area contributed by atoms with E-state index in [1.807, 2.05) is 56.3 Å². The molecule has 5 N–H and O–H groups in total. The maximum absolute atomic E-state index is 14.0. The molecule has 4 atom stereocenters. The maximum Gasteiger partial charge on any atom is 0.337 e. The van der Waals surface area contributed by atoms with Gasteiger partial charge in [-0.25, -0.2) is 4.79 Å². The van der Waals surface area contributed by atoms with Crippen molar-refractivity contribution in [3.63, 3.8) is 0 Å². The van der Waals surface area contributed by atoms with Gasteiger partial charge in [0.1, 0.15) is 6.04 Å². The quantitative estimate of drug-likeness (QED) is 0.152. The molecule has 3 rings (SSSR count). The molecule has 0 spiro atoms. The number of nitrogens with zero attached hydrogens (tertiary/aromatic N) is 1. The minimum Gasteiger partial charge on any atom is -0.461 e. The van der Waals surface area contributed by atoms with Crippen molar-refractivity contribution in [2.24, 2.45) is 17.6 Å². The van der Waals surface area contributed by atoms with Crippen LogP contribution in [0.15, 0.2) is 42.5 Å². The fourth-order valence-corrected chi connectivity index (χ4v) is 5.72. The number of hydrogen-bond acceptors (Lipinski definition) is 8. The maximum atomic E-state index is 14.0. The fourth-order valence-electron chi connectivity index (χ4n) is 5.72. The Bertz CT molecular complexity index is 1290. The third-order valence-electron chi connectivity index (χ3n) is 8.11. The van der Waals surface area contributed by atoms with Crippen molar-refractivity contribution in [2.45, 2.75) is 90.5 Å². The fraction of sp³-hybridized carbons (Fsp3) is 0.600. The van der Waals surface area contributed by atoms with Crippen LogP contribution in [-0.2, 0) is 35.1 Å². The summed E-state index contributed by atoms with van der Waals surface area (Å²) in [6.07, 6.45) is 0.113. The van der Waals surface area contributed by atoms with Gasteiger partial charge in [-0.2, -0.15) is 0 Å². The summed E-state index contributed by atoms with van der Waals surface area (Å²) in [4.78, 5) is 55.4. The van der Waals surface area contributed by atoms with Crippen LogP contribution in [0.2, 0.25) is 0 Å². The lowest BCUT2D eigenvalue weighted by Crippen LogP contribution is -2.55. The van der Waals surface area contributed by atoms with Gasteiger partial charge in [0.05, 0.1) is 31.3 Å². The molecular weight excluding hydrogens is 588 g/mol. The zero-order valence-electron chi connectivity index (χ0n) is 27.7. The van der Waals surface area contributed by atoms with Gasteiger partial charge in [-0.15, -0.1) is 0 Å². The zero-order valence-corrected chi connectivity index (χ0v) is 27.7. The van der Waals surface area contributed by atoms with Crippen molar-refractivity contribution < 1.29 is 33.8 Å². The van der Waals surface area contributed by atoms with E-state index in [0.29, 0.717) is 65.0 Å². The van der Waals surface area contributed by atoms with Gasteiger partial charge in [0.15, 0.2) is 6.10 Å². The van der Waals surface area contributed by atoms with E-state index in [4.69, 9.17) is 15.2 Å². The molecule has 2 aromatic rings. The Kier molecular flexibility index (Phi) is 14.9. The molecule has 1 aliphatic rings. The molecule has 1 heterocycles. The van der Waals surface area contributed by atoms with E-state index in [1.165, 1.54) is 0 Å². The highest BCUT2D eigenvalue weighted by Gasteiger charge is 2.34. The summed E-state index contributed by atoms with van der Waals surface area (Å²) in [6.45, 7) is 9.45. The number of amides is 3. The molecule has 1 aliphatic heterocycles. The molecule has 1 saturated heterocycles. The van der Waals surface area contributed by atoms with Crippen molar-refractivity contribution >= 4 is 34.5 Å². The van der Waals surface area contributed by atoms with Crippen LogP contribution in [0.3, 0.4) is 0 Å². The number of carbonyl (C=O) groups is 4. The van der Waals surface area contributed by atoms with Gasteiger partial charge in [0.25, 0.3) is 0 Å². The molecule has 46 heavy (non-hydrogen) atoms. The Morgan fingerprint density at radius 3 is 2.33 bits per heavy atom. The molecule has 0 aliphatic carbocycles. The molecule has 2 aromatic carbocycles. The number of esters is 1. The molecule has 0 bridgehead atoms. The number of unbranched alkanes of at least 4 members (excludes halogenated alkanes) is 1. The first-order valence-electron chi connectivity index (χ1n) is 16.5. The Labute approximate surface area is 272 Å². The minimum atomic E-state index is -1.57. The number of nitrogens with two attached hydrogens (primary N) is 1. The van der Waals surface area contributed by atoms with Crippen LogP contribution in [0.5, 0.6) is 0 Å². The van der Waals surface area contributed by atoms with E-state index in [2.05, 4.69) is 10.6 Å². The first-order valence-corrected chi connectivity index (χ1v) is 16.5. The first-order chi connectivity index (χ1) is 22.0. The average molecular weight is 641 g/mol. The number of carbonyl (C=O) groups excluding carboxylic acids is 4. The van der Waals surface area contributed by atoms with Crippen molar-refractivity contribution in [3.8, 4) is 0 Å². The largest absolute Gasteiger partial charge is 0.461 e. The van der Waals surface area contributed by atoms with Crippen molar-refractivity contribution in [1.29, 1.82) is 0 Å². The van der Waals surface area contributed by atoms with Crippen LogP contribution in [0.4, 0.5) is 0 Å². The second-order valence-electron chi connectivity index (χ2n) is 12.8. The van der Waals surface area contributed by atoms with Gasteiger partial charge in [0, 0.05) is 19.5 Å². The third-order valence-corrected chi connectivity index (χ3v) is 8.11. The summed E-state index contributed by atoms with van der Waals surface area (Å²) in [5.74, 6) is -2.59. The van der Waals surface area contributed by atoms with E-state index in [9.17, 15) is 24.3 Å². The Balaban J connectivity index is 1.86. The van der Waals surface area contributed by atoms with E-state index in [1.54, 1.807) is 18.7 Å². The molecule has 0 radical (unpaired) electrons. The van der Waals surface area contributed by atoms with Gasteiger partial charge in [-0.1, -0.05) is 56.3 Å². The monoisotopic (exact) mass is 640 g/mol. The zero-order chi connectivity index (χ0) is 33.6.